The molecule has 4 aromatic carbocycles. The number of hydrogen-bond donors (Lipinski definition) is 0. The summed E-state index contributed by atoms with van der Waals surface area (Å²) >= 11 is 0. The number of fused-ring (bicyclic) bond motifs is 12. The first kappa shape index (κ1) is 32.3. The van der Waals surface area contributed by atoms with Crippen molar-refractivity contribution in [3.63, 3.8) is 0 Å². The molecule has 1 spiro atoms. The van der Waals surface area contributed by atoms with E-state index in [1.807, 2.05) is 0 Å². The second kappa shape index (κ2) is 12.0. The Bertz CT molecular complexity index is 2100. The largest absolute Gasteiger partial charge is 0.0654 e. The van der Waals surface area contributed by atoms with Gasteiger partial charge in [-0.2, -0.15) is 0 Å². The number of benzene rings is 4. The molecular weight excluding hydrogens is 601 g/mol. The van der Waals surface area contributed by atoms with Crippen molar-refractivity contribution in [2.24, 2.45) is 23.7 Å². The summed E-state index contributed by atoms with van der Waals surface area (Å²) in [5, 5.41) is 2.87. The zero-order chi connectivity index (χ0) is 34.4. The van der Waals surface area contributed by atoms with Crippen molar-refractivity contribution in [2.45, 2.75) is 117 Å². The summed E-state index contributed by atoms with van der Waals surface area (Å²) in [6.45, 7) is 14.9. The zero-order valence-electron chi connectivity index (χ0n) is 31.5. The van der Waals surface area contributed by atoms with Crippen LogP contribution in [0.5, 0.6) is 0 Å². The van der Waals surface area contributed by atoms with Crippen LogP contribution in [0.4, 0.5) is 0 Å². The first-order valence-electron chi connectivity index (χ1n) is 20.4. The molecular formula is C50H56. The van der Waals surface area contributed by atoms with Crippen molar-refractivity contribution in [1.82, 2.24) is 0 Å². The minimum atomic E-state index is -0.172. The van der Waals surface area contributed by atoms with Crippen molar-refractivity contribution in [3.05, 3.63) is 129 Å². The highest BCUT2D eigenvalue weighted by atomic mass is 14.6. The highest BCUT2D eigenvalue weighted by Crippen LogP contribution is 2.67. The molecule has 0 heteroatoms. The molecule has 0 saturated heterocycles. The molecule has 9 rings (SSSR count). The first-order chi connectivity index (χ1) is 24.4. The Labute approximate surface area is 301 Å². The van der Waals surface area contributed by atoms with Crippen LogP contribution in [0.3, 0.4) is 0 Å². The van der Waals surface area contributed by atoms with Crippen LogP contribution in [-0.4, -0.2) is 0 Å². The maximum Gasteiger partial charge on any atom is 0.0474 e. The van der Waals surface area contributed by atoms with Crippen LogP contribution in [0, 0.1) is 23.7 Å². The van der Waals surface area contributed by atoms with Crippen molar-refractivity contribution < 1.29 is 0 Å². The molecule has 2 unspecified atom stereocenters. The predicted molar refractivity (Wildman–Crippen MR) is 215 cm³/mol. The first-order valence-corrected chi connectivity index (χ1v) is 20.4. The lowest BCUT2D eigenvalue weighted by molar-refractivity contribution is 0.210. The van der Waals surface area contributed by atoms with Gasteiger partial charge in [-0.15, -0.1) is 0 Å². The number of allylic oxidation sites excluding steroid dienone is 6. The van der Waals surface area contributed by atoms with Crippen LogP contribution in [0.15, 0.2) is 96.1 Å². The summed E-state index contributed by atoms with van der Waals surface area (Å²) in [5.41, 5.74) is 18.7. The molecule has 0 bridgehead atoms. The van der Waals surface area contributed by atoms with Gasteiger partial charge in [-0.05, 0) is 135 Å². The summed E-state index contributed by atoms with van der Waals surface area (Å²) in [6, 6.07) is 28.9. The molecule has 0 aliphatic heterocycles. The Hall–Kier alpha value is -3.64. The quantitative estimate of drug-likeness (QED) is 0.186. The van der Waals surface area contributed by atoms with Gasteiger partial charge in [0.1, 0.15) is 0 Å². The molecule has 0 heterocycles. The monoisotopic (exact) mass is 656 g/mol. The van der Waals surface area contributed by atoms with Crippen LogP contribution in [-0.2, 0) is 17.3 Å². The van der Waals surface area contributed by atoms with Crippen molar-refractivity contribution >= 4 is 21.9 Å². The second-order valence-electron chi connectivity index (χ2n) is 17.0. The highest BCUT2D eigenvalue weighted by molar-refractivity contribution is 6.10. The van der Waals surface area contributed by atoms with Crippen molar-refractivity contribution in [2.75, 3.05) is 0 Å². The van der Waals surface area contributed by atoms with Crippen LogP contribution < -0.4 is 0 Å². The van der Waals surface area contributed by atoms with Crippen LogP contribution in [0.1, 0.15) is 133 Å². The summed E-state index contributed by atoms with van der Waals surface area (Å²) in [6.07, 6.45) is 18.4. The maximum atomic E-state index is 2.90. The van der Waals surface area contributed by atoms with Gasteiger partial charge in [0.25, 0.3) is 0 Å². The number of rotatable bonds is 7. The topological polar surface area (TPSA) is 0 Å². The molecule has 5 aliphatic carbocycles. The fourth-order valence-electron chi connectivity index (χ4n) is 12.3. The van der Waals surface area contributed by atoms with Crippen molar-refractivity contribution in [1.29, 1.82) is 0 Å². The lowest BCUT2D eigenvalue weighted by Crippen LogP contribution is -2.43. The Morgan fingerprint density at radius 3 is 2.14 bits per heavy atom. The van der Waals surface area contributed by atoms with E-state index in [9.17, 15) is 0 Å². The molecule has 0 radical (unpaired) electrons. The van der Waals surface area contributed by atoms with E-state index in [0.717, 1.165) is 6.42 Å². The molecule has 1 fully saturated rings. The third-order valence-corrected chi connectivity index (χ3v) is 14.4. The highest BCUT2D eigenvalue weighted by Gasteiger charge is 2.56. The molecule has 2 atom stereocenters. The minimum Gasteiger partial charge on any atom is -0.0654 e. The van der Waals surface area contributed by atoms with Crippen LogP contribution in [0.25, 0.3) is 33.0 Å². The molecule has 1 saturated carbocycles. The Morgan fingerprint density at radius 1 is 0.680 bits per heavy atom. The Balaban J connectivity index is 1.41. The average Bonchev–Trinajstić information content (AvgIpc) is 3.74. The smallest absolute Gasteiger partial charge is 0.0474 e. The zero-order valence-corrected chi connectivity index (χ0v) is 31.5. The molecule has 0 N–H and O–H groups in total. The van der Waals surface area contributed by atoms with E-state index in [1.165, 1.54) is 90.8 Å². The molecule has 5 aliphatic rings. The standard InChI is InChI=1S/C50H56/c1-7-31(8-2)36-29-41(32(9-3)10-4)45(34-19-12-11-13-20-34)50(30-36)43-27-26-39-42-28-35-21-15-17-23-38(35)46(42)49(5,6)48(39)44(43)40-25-24-33-18-14-16-22-37(33)47(40)50/h14-18,21-27,29-32,34,45H,7-13,19-20,28H2,1-6H3. The molecule has 256 valence electrons. The lowest BCUT2D eigenvalue weighted by Gasteiger charge is -2.49. The summed E-state index contributed by atoms with van der Waals surface area (Å²) < 4.78 is 0. The third kappa shape index (κ3) is 4.29. The second-order valence-corrected chi connectivity index (χ2v) is 17.0. The predicted octanol–water partition coefficient (Wildman–Crippen LogP) is 13.8. The minimum absolute atomic E-state index is 0.0674. The molecule has 4 aromatic rings. The lowest BCUT2D eigenvalue weighted by atomic mass is 9.53. The summed E-state index contributed by atoms with van der Waals surface area (Å²) in [4.78, 5) is 0. The molecule has 0 amide bonds. The Morgan fingerprint density at radius 2 is 1.38 bits per heavy atom. The molecule has 0 nitrogen and oxygen atoms in total. The van der Waals surface area contributed by atoms with Gasteiger partial charge in [0.05, 0.1) is 0 Å². The van der Waals surface area contributed by atoms with Crippen LogP contribution >= 0.6 is 0 Å². The summed E-state index contributed by atoms with van der Waals surface area (Å²) in [7, 11) is 0. The van der Waals surface area contributed by atoms with E-state index >= 15 is 0 Å². The third-order valence-electron chi connectivity index (χ3n) is 14.4. The van der Waals surface area contributed by atoms with E-state index in [2.05, 4.69) is 126 Å². The van der Waals surface area contributed by atoms with Gasteiger partial charge in [-0.3, -0.25) is 0 Å². The average molecular weight is 657 g/mol. The van der Waals surface area contributed by atoms with Gasteiger partial charge in [0.15, 0.2) is 0 Å². The molecule has 0 aromatic heterocycles. The van der Waals surface area contributed by atoms with Crippen LogP contribution in [0.2, 0.25) is 0 Å². The SMILES string of the molecule is CCC(CC)C1=CC2(c3ccc4c(c3-c3ccc5ccccc5c32)C(C)(C)C2=C4Cc3ccccc32)C(C2CCCCC2)C(C(CC)CC)=C1. The maximum absolute atomic E-state index is 2.90. The van der Waals surface area contributed by atoms with E-state index in [4.69, 9.17) is 0 Å². The summed E-state index contributed by atoms with van der Waals surface area (Å²) in [5.74, 6) is 2.38. The fourth-order valence-corrected chi connectivity index (χ4v) is 12.3. The van der Waals surface area contributed by atoms with Crippen molar-refractivity contribution in [3.8, 4) is 11.1 Å². The van der Waals surface area contributed by atoms with E-state index in [0.29, 0.717) is 23.7 Å². The van der Waals surface area contributed by atoms with Gasteiger partial charge in [-0.1, -0.05) is 151 Å². The molecule has 50 heavy (non-hydrogen) atoms. The normalized spacial score (nSPS) is 23.3. The van der Waals surface area contributed by atoms with Gasteiger partial charge in [0, 0.05) is 16.7 Å². The van der Waals surface area contributed by atoms with Gasteiger partial charge >= 0.3 is 0 Å². The van der Waals surface area contributed by atoms with E-state index in [1.54, 1.807) is 44.5 Å². The fraction of sp³-hybridized carbons (Fsp3) is 0.440. The van der Waals surface area contributed by atoms with E-state index < -0.39 is 0 Å². The number of hydrogen-bond acceptors (Lipinski definition) is 0. The van der Waals surface area contributed by atoms with Gasteiger partial charge in [0.2, 0.25) is 0 Å². The van der Waals surface area contributed by atoms with E-state index in [-0.39, 0.29) is 10.8 Å². The van der Waals surface area contributed by atoms with Gasteiger partial charge in [-0.25, -0.2) is 0 Å². The van der Waals surface area contributed by atoms with Gasteiger partial charge < -0.3 is 0 Å². The Kier molecular flexibility index (Phi) is 7.73.